The van der Waals surface area contributed by atoms with Crippen molar-refractivity contribution >= 4 is 75.5 Å². The number of fused-ring (bicyclic) bond motifs is 8. The summed E-state index contributed by atoms with van der Waals surface area (Å²) in [5, 5.41) is 16.3. The van der Waals surface area contributed by atoms with Gasteiger partial charge in [0.2, 0.25) is 0 Å². The van der Waals surface area contributed by atoms with Crippen molar-refractivity contribution in [2.75, 3.05) is 0 Å². The summed E-state index contributed by atoms with van der Waals surface area (Å²) < 4.78 is 0. The third-order valence-corrected chi connectivity index (χ3v) is 9.70. The summed E-state index contributed by atoms with van der Waals surface area (Å²) in [6.07, 6.45) is 0. The summed E-state index contributed by atoms with van der Waals surface area (Å²) >= 11 is 3.48. The van der Waals surface area contributed by atoms with Crippen LogP contribution < -0.4 is 24.8 Å². The second-order valence-electron chi connectivity index (χ2n) is 14.7. The third kappa shape index (κ3) is 13.5. The molecule has 0 nitrogen and oxygen atoms in total. The van der Waals surface area contributed by atoms with Crippen molar-refractivity contribution < 1.29 is 71.5 Å². The minimum atomic E-state index is 0. The molecule has 292 valence electrons. The second kappa shape index (κ2) is 24.3. The molecule has 0 saturated carbocycles. The van der Waals surface area contributed by atoms with Crippen LogP contribution in [-0.2, 0) is 46.7 Å². The first-order valence-electron chi connectivity index (χ1n) is 19.3. The Balaban J connectivity index is 0.000000193. The van der Waals surface area contributed by atoms with Gasteiger partial charge in [0.05, 0.1) is 0 Å². The van der Waals surface area contributed by atoms with E-state index in [1.54, 1.807) is 46.7 Å². The van der Waals surface area contributed by atoms with Gasteiger partial charge >= 0.3 is 83.7 Å². The summed E-state index contributed by atoms with van der Waals surface area (Å²) in [7, 11) is 0. The molecule has 0 bridgehead atoms. The van der Waals surface area contributed by atoms with Crippen LogP contribution in [0.1, 0.15) is 22.3 Å². The van der Waals surface area contributed by atoms with Crippen LogP contribution >= 0.6 is 0 Å². The van der Waals surface area contributed by atoms with Crippen LogP contribution in [0.4, 0.5) is 0 Å². The number of hydrogen-bond donors (Lipinski definition) is 0. The summed E-state index contributed by atoms with van der Waals surface area (Å²) in [6, 6.07) is 60.1. The van der Waals surface area contributed by atoms with Crippen LogP contribution in [0.2, 0.25) is 26.2 Å². The Bertz CT molecular complexity index is 2550. The summed E-state index contributed by atoms with van der Waals surface area (Å²) in [5.41, 5.74) is 6.04. The van der Waals surface area contributed by atoms with E-state index in [4.69, 9.17) is 0 Å². The van der Waals surface area contributed by atoms with Gasteiger partial charge in [-0.15, -0.1) is 161 Å². The normalized spacial score (nSPS) is 10.0. The van der Waals surface area contributed by atoms with Gasteiger partial charge in [-0.1, -0.05) is 113 Å². The molecule has 0 heterocycles. The molecule has 0 aliphatic rings. The molecule has 6 heteroatoms. The SMILES string of the molecule is C[Si](C)=[Zr+2].C[Si](C)=[Zr+2].Cc1[cH-]c2ccccc2c1C.Cc1[cH-]c2ccccc2c1C.[Cl-].[Cl-].c1ccc2c(c1)[cH-]c1ccccc12.c1ccc2c(c1)[cH-]c1ccccc12. The Morgan fingerprint density at radius 1 is 0.310 bits per heavy atom. The molecular weight excluding hydrogens is 934 g/mol. The fourth-order valence-electron chi connectivity index (χ4n) is 6.84. The molecule has 0 atom stereocenters. The predicted molar refractivity (Wildman–Crippen MR) is 247 cm³/mol. The van der Waals surface area contributed by atoms with Gasteiger partial charge in [-0.2, -0.15) is 11.1 Å². The molecule has 0 amide bonds. The molecule has 0 N–H and O–H groups in total. The van der Waals surface area contributed by atoms with Gasteiger partial charge in [-0.25, -0.2) is 0 Å². The maximum absolute atomic E-state index is 2.31. The molecule has 0 unspecified atom stereocenters. The van der Waals surface area contributed by atoms with Gasteiger partial charge in [0.1, 0.15) is 0 Å². The predicted octanol–water partition coefficient (Wildman–Crippen LogP) is 9.35. The minimum Gasteiger partial charge on any atom is -1.00 e. The van der Waals surface area contributed by atoms with Crippen molar-refractivity contribution in [3.8, 4) is 0 Å². The molecule has 0 fully saturated rings. The van der Waals surface area contributed by atoms with Crippen LogP contribution in [-0.4, -0.2) is 10.9 Å². The number of rotatable bonds is 0. The van der Waals surface area contributed by atoms with E-state index in [1.165, 1.54) is 86.9 Å². The maximum atomic E-state index is 2.31. The standard InChI is InChI=1S/2C13H9.2C11H11.2C2H6Si.2ClH.2Zr/c2*1-3-7-12-10(5-1)9-11-6-2-4-8-13(11)12;2*1-8-7-10-5-3-4-6-11(10)9(8)2;2*1-3-2;;;;/h2*1-9H;2*3-7H,1-2H3;2*1-2H3;2*1H;;/q4*-1;;;;;2*+2/p-2. The van der Waals surface area contributed by atoms with E-state index in [9.17, 15) is 0 Å². The Kier molecular flexibility index (Phi) is 20.7. The van der Waals surface area contributed by atoms with Gasteiger partial charge in [-0.05, 0) is 0 Å². The topological polar surface area (TPSA) is 0 Å². The van der Waals surface area contributed by atoms with Crippen molar-refractivity contribution in [3.05, 3.63) is 192 Å². The Labute approximate surface area is 389 Å². The largest absolute Gasteiger partial charge is 1.00 e. The zero-order valence-corrected chi connectivity index (χ0v) is 43.3. The molecule has 0 spiro atoms. The van der Waals surface area contributed by atoms with Gasteiger partial charge in [-0.3, -0.25) is 0 Å². The first-order chi connectivity index (χ1) is 26.9. The fourth-order valence-corrected chi connectivity index (χ4v) is 6.84. The van der Waals surface area contributed by atoms with E-state index < -0.39 is 0 Å². The fraction of sp³-hybridized carbons (Fsp3) is 0.154. The molecule has 0 radical (unpaired) electrons. The molecular formula is C52H52Cl2Si2Zr2-2. The van der Waals surface area contributed by atoms with Crippen LogP contribution in [0, 0.1) is 27.7 Å². The average Bonchev–Trinajstić information content (AvgIpc) is 3.92. The van der Waals surface area contributed by atoms with Crippen molar-refractivity contribution in [2.24, 2.45) is 0 Å². The smallest absolute Gasteiger partial charge is 0.0576 e. The van der Waals surface area contributed by atoms with Crippen molar-refractivity contribution in [1.82, 2.24) is 0 Å². The van der Waals surface area contributed by atoms with Crippen molar-refractivity contribution in [1.29, 1.82) is 0 Å². The van der Waals surface area contributed by atoms with E-state index in [0.717, 1.165) is 0 Å². The minimum absolute atomic E-state index is 0. The molecule has 58 heavy (non-hydrogen) atoms. The number of aryl methyl sites for hydroxylation is 4. The summed E-state index contributed by atoms with van der Waals surface area (Å²) in [5.74, 6) is 0. The van der Waals surface area contributed by atoms with Gasteiger partial charge in [0, 0.05) is 0 Å². The van der Waals surface area contributed by atoms with Crippen LogP contribution in [0.25, 0.3) is 64.6 Å². The zero-order valence-electron chi connectivity index (χ0n) is 34.9. The Morgan fingerprint density at radius 2 is 0.483 bits per heavy atom. The van der Waals surface area contributed by atoms with E-state index in [1.807, 2.05) is 0 Å². The Morgan fingerprint density at radius 3 is 0.690 bits per heavy atom. The number of halogens is 2. The number of benzene rings is 6. The van der Waals surface area contributed by atoms with Crippen LogP contribution in [0.5, 0.6) is 0 Å². The monoisotopic (exact) mass is 982 g/mol. The molecule has 0 aromatic heterocycles. The van der Waals surface area contributed by atoms with E-state index in [0.29, 0.717) is 0 Å². The van der Waals surface area contributed by atoms with Crippen molar-refractivity contribution in [3.63, 3.8) is 0 Å². The molecule has 0 aliphatic carbocycles. The maximum Gasteiger partial charge on any atom is -0.0576 e. The second-order valence-corrected chi connectivity index (χ2v) is 33.5. The average molecular weight is 987 g/mol. The summed E-state index contributed by atoms with van der Waals surface area (Å²) in [6.45, 7) is 17.9. The first-order valence-corrected chi connectivity index (χ1v) is 31.6. The van der Waals surface area contributed by atoms with Crippen molar-refractivity contribution in [2.45, 2.75) is 53.9 Å². The van der Waals surface area contributed by atoms with Crippen LogP contribution in [0.3, 0.4) is 0 Å². The number of hydrogen-bond acceptors (Lipinski definition) is 0. The van der Waals surface area contributed by atoms with Gasteiger partial charge in [0.25, 0.3) is 0 Å². The van der Waals surface area contributed by atoms with Gasteiger partial charge < -0.3 is 24.8 Å². The molecule has 10 rings (SSSR count). The molecule has 10 aromatic carbocycles. The Hall–Kier alpha value is -2.94. The van der Waals surface area contributed by atoms with E-state index in [2.05, 4.69) is 224 Å². The summed E-state index contributed by atoms with van der Waals surface area (Å²) in [4.78, 5) is 0. The molecule has 10 aromatic rings. The first kappa shape index (κ1) is 49.4. The van der Waals surface area contributed by atoms with E-state index >= 15 is 0 Å². The quantitative estimate of drug-likeness (QED) is 0.105. The van der Waals surface area contributed by atoms with E-state index in [-0.39, 0.29) is 35.7 Å². The molecule has 0 aliphatic heterocycles. The molecule has 0 saturated heterocycles. The third-order valence-electron chi connectivity index (χ3n) is 9.70. The van der Waals surface area contributed by atoms with Gasteiger partial charge in [0.15, 0.2) is 0 Å². The van der Waals surface area contributed by atoms with Crippen LogP contribution in [0.15, 0.2) is 170 Å². The zero-order chi connectivity index (χ0) is 40.2.